The fourth-order valence-corrected chi connectivity index (χ4v) is 4.22. The summed E-state index contributed by atoms with van der Waals surface area (Å²) in [7, 11) is 0. The van der Waals surface area contributed by atoms with Crippen molar-refractivity contribution in [2.45, 2.75) is 51.8 Å². The van der Waals surface area contributed by atoms with Gasteiger partial charge in [0.2, 0.25) is 5.91 Å². The minimum atomic E-state index is -0.905. The molecule has 1 atom stereocenters. The quantitative estimate of drug-likeness (QED) is 0.505. The molecular formula is C23H24BrN5O4. The Labute approximate surface area is 199 Å². The summed E-state index contributed by atoms with van der Waals surface area (Å²) < 4.78 is 7.75. The Balaban J connectivity index is 1.54. The molecule has 2 N–H and O–H groups in total. The van der Waals surface area contributed by atoms with Crippen LogP contribution in [0.25, 0.3) is 16.9 Å². The van der Waals surface area contributed by atoms with Crippen molar-refractivity contribution in [3.8, 4) is 11.3 Å². The predicted molar refractivity (Wildman–Crippen MR) is 124 cm³/mol. The van der Waals surface area contributed by atoms with Gasteiger partial charge in [0.05, 0.1) is 16.4 Å². The molecule has 0 spiro atoms. The van der Waals surface area contributed by atoms with Crippen LogP contribution in [0.1, 0.15) is 49.5 Å². The van der Waals surface area contributed by atoms with E-state index >= 15 is 0 Å². The molecule has 4 rings (SSSR count). The van der Waals surface area contributed by atoms with Crippen molar-refractivity contribution in [3.05, 3.63) is 52.3 Å². The molecule has 0 unspecified atom stereocenters. The van der Waals surface area contributed by atoms with Gasteiger partial charge in [0.25, 0.3) is 5.91 Å². The van der Waals surface area contributed by atoms with Gasteiger partial charge in [-0.3, -0.25) is 14.4 Å². The van der Waals surface area contributed by atoms with Gasteiger partial charge in [-0.05, 0) is 66.9 Å². The molecule has 172 valence electrons. The maximum absolute atomic E-state index is 13.0. The summed E-state index contributed by atoms with van der Waals surface area (Å²) in [6.07, 6.45) is 3.57. The Bertz CT molecular complexity index is 1260. The van der Waals surface area contributed by atoms with Crippen molar-refractivity contribution >= 4 is 39.4 Å². The number of nitrogens with zero attached hydrogens (tertiary/aromatic N) is 4. The topological polar surface area (TPSA) is 120 Å². The molecule has 0 saturated heterocycles. The number of nitrogens with two attached hydrogens (primary N) is 1. The van der Waals surface area contributed by atoms with Crippen LogP contribution < -0.4 is 5.73 Å². The molecule has 0 fully saturated rings. The number of carbonyl (C=O) groups excluding carboxylic acids is 3. The van der Waals surface area contributed by atoms with E-state index in [4.69, 9.17) is 10.5 Å². The van der Waals surface area contributed by atoms with Crippen LogP contribution in [0.4, 0.5) is 0 Å². The van der Waals surface area contributed by atoms with Crippen LogP contribution in [0, 0.1) is 0 Å². The number of hydrogen-bond acceptors (Lipinski definition) is 6. The van der Waals surface area contributed by atoms with Crippen molar-refractivity contribution in [1.82, 2.24) is 19.5 Å². The van der Waals surface area contributed by atoms with Gasteiger partial charge in [0.1, 0.15) is 11.6 Å². The maximum Gasteiger partial charge on any atom is 0.306 e. The smallest absolute Gasteiger partial charge is 0.306 e. The number of fused-ring (bicyclic) bond motifs is 2. The fraction of sp³-hybridized carbons (Fsp3) is 0.348. The van der Waals surface area contributed by atoms with E-state index in [9.17, 15) is 14.4 Å². The number of ether oxygens (including phenoxy) is 1. The number of halogens is 1. The summed E-state index contributed by atoms with van der Waals surface area (Å²) in [4.78, 5) is 43.3. The zero-order chi connectivity index (χ0) is 23.9. The molecule has 0 saturated carbocycles. The van der Waals surface area contributed by atoms with Crippen molar-refractivity contribution in [2.75, 3.05) is 0 Å². The number of aromatic nitrogens is 3. The van der Waals surface area contributed by atoms with Gasteiger partial charge in [-0.25, -0.2) is 9.50 Å². The largest absolute Gasteiger partial charge is 0.460 e. The number of primary amides is 1. The third-order valence-corrected chi connectivity index (χ3v) is 5.86. The summed E-state index contributed by atoms with van der Waals surface area (Å²) in [5, 5.41) is 4.20. The Morgan fingerprint density at radius 2 is 2.03 bits per heavy atom. The van der Waals surface area contributed by atoms with Crippen LogP contribution in [0.2, 0.25) is 0 Å². The van der Waals surface area contributed by atoms with E-state index in [1.54, 1.807) is 37.5 Å². The van der Waals surface area contributed by atoms with Crippen molar-refractivity contribution < 1.29 is 19.1 Å². The maximum atomic E-state index is 13.0. The lowest BCUT2D eigenvalue weighted by atomic mass is 10.0. The van der Waals surface area contributed by atoms with Gasteiger partial charge in [-0.2, -0.15) is 5.10 Å². The second-order valence-electron chi connectivity index (χ2n) is 8.92. The van der Waals surface area contributed by atoms with Crippen molar-refractivity contribution in [3.63, 3.8) is 0 Å². The first-order valence-electron chi connectivity index (χ1n) is 10.5. The summed E-state index contributed by atoms with van der Waals surface area (Å²) in [6, 6.07) is 6.38. The number of carbonyl (C=O) groups is 3. The number of hydrogen-bond donors (Lipinski definition) is 1. The van der Waals surface area contributed by atoms with Gasteiger partial charge < -0.3 is 15.4 Å². The lowest BCUT2D eigenvalue weighted by Crippen LogP contribution is -2.45. The minimum absolute atomic E-state index is 0.0135. The molecule has 3 heterocycles. The summed E-state index contributed by atoms with van der Waals surface area (Å²) in [5.41, 5.74) is 8.50. The fourth-order valence-electron chi connectivity index (χ4n) is 3.85. The van der Waals surface area contributed by atoms with E-state index in [2.05, 4.69) is 26.0 Å². The van der Waals surface area contributed by atoms with E-state index < -0.39 is 23.5 Å². The Morgan fingerprint density at radius 3 is 2.73 bits per heavy atom. The van der Waals surface area contributed by atoms with Crippen LogP contribution in [-0.2, 0) is 20.9 Å². The molecule has 33 heavy (non-hydrogen) atoms. The molecule has 0 aliphatic carbocycles. The Kier molecular flexibility index (Phi) is 5.96. The zero-order valence-corrected chi connectivity index (χ0v) is 20.1. The highest BCUT2D eigenvalue weighted by atomic mass is 79.9. The van der Waals surface area contributed by atoms with Gasteiger partial charge >= 0.3 is 5.97 Å². The Morgan fingerprint density at radius 1 is 1.27 bits per heavy atom. The highest BCUT2D eigenvalue weighted by molar-refractivity contribution is 9.10. The lowest BCUT2D eigenvalue weighted by molar-refractivity contribution is -0.155. The standard InChI is InChI=1S/C23H24BrN5O4/c1-23(2,3)33-19(30)7-6-18(20(25)31)28-12-14-10-13(4-5-15(14)22(28)32)17-8-9-29-21(27-17)16(24)11-26-29/h4-5,8-11,18H,6-7,12H2,1-3H3,(H2,25,31)/t18-/m0/s1. The average Bonchev–Trinajstić information content (AvgIpc) is 3.26. The van der Waals surface area contributed by atoms with Gasteiger partial charge in [-0.15, -0.1) is 0 Å². The zero-order valence-electron chi connectivity index (χ0n) is 18.5. The molecule has 0 radical (unpaired) electrons. The second kappa shape index (κ2) is 8.58. The molecule has 9 nitrogen and oxygen atoms in total. The van der Waals surface area contributed by atoms with Gasteiger partial charge in [-0.1, -0.05) is 6.07 Å². The first-order valence-corrected chi connectivity index (χ1v) is 11.3. The average molecular weight is 514 g/mol. The monoisotopic (exact) mass is 513 g/mol. The highest BCUT2D eigenvalue weighted by Crippen LogP contribution is 2.30. The number of amides is 2. The number of rotatable bonds is 6. The highest BCUT2D eigenvalue weighted by Gasteiger charge is 2.36. The molecule has 10 heteroatoms. The second-order valence-corrected chi connectivity index (χ2v) is 9.78. The lowest BCUT2D eigenvalue weighted by Gasteiger charge is -2.25. The first-order chi connectivity index (χ1) is 15.5. The first kappa shape index (κ1) is 22.9. The van der Waals surface area contributed by atoms with Crippen LogP contribution in [-0.4, -0.2) is 48.9 Å². The number of benzene rings is 1. The molecular weight excluding hydrogens is 490 g/mol. The predicted octanol–water partition coefficient (Wildman–Crippen LogP) is 3.09. The third kappa shape index (κ3) is 4.75. The van der Waals surface area contributed by atoms with Crippen LogP contribution in [0.5, 0.6) is 0 Å². The summed E-state index contributed by atoms with van der Waals surface area (Å²) >= 11 is 3.44. The third-order valence-electron chi connectivity index (χ3n) is 5.31. The molecule has 1 aliphatic heterocycles. The van der Waals surface area contributed by atoms with E-state index in [1.165, 1.54) is 4.90 Å². The van der Waals surface area contributed by atoms with Crippen LogP contribution in [0.15, 0.2) is 41.1 Å². The van der Waals surface area contributed by atoms with Crippen molar-refractivity contribution in [1.29, 1.82) is 0 Å². The van der Waals surface area contributed by atoms with Crippen LogP contribution in [0.3, 0.4) is 0 Å². The summed E-state index contributed by atoms with van der Waals surface area (Å²) in [6.45, 7) is 5.54. The molecule has 1 aliphatic rings. The molecule has 3 aromatic rings. The van der Waals surface area contributed by atoms with Gasteiger partial charge in [0, 0.05) is 30.3 Å². The number of esters is 1. The van der Waals surface area contributed by atoms with Crippen molar-refractivity contribution in [2.24, 2.45) is 5.73 Å². The minimum Gasteiger partial charge on any atom is -0.460 e. The normalized spacial score (nSPS) is 14.4. The van der Waals surface area contributed by atoms with E-state index in [0.29, 0.717) is 11.2 Å². The van der Waals surface area contributed by atoms with E-state index in [0.717, 1.165) is 21.3 Å². The van der Waals surface area contributed by atoms with Gasteiger partial charge in [0.15, 0.2) is 5.65 Å². The van der Waals surface area contributed by atoms with Crippen LogP contribution >= 0.6 is 15.9 Å². The van der Waals surface area contributed by atoms with E-state index in [-0.39, 0.29) is 25.3 Å². The molecule has 0 bridgehead atoms. The Hall–Kier alpha value is -3.27. The molecule has 2 aromatic heterocycles. The van der Waals surface area contributed by atoms with E-state index in [1.807, 2.05) is 24.4 Å². The summed E-state index contributed by atoms with van der Waals surface area (Å²) in [5.74, 6) is -1.38. The molecule has 2 amide bonds. The SMILES string of the molecule is CC(C)(C)OC(=O)CC[C@@H](C(N)=O)N1Cc2cc(-c3ccn4ncc(Br)c4n3)ccc2C1=O. The molecule has 1 aromatic carbocycles.